The molecule has 398 valence electrons. The van der Waals surface area contributed by atoms with Crippen LogP contribution in [0.5, 0.6) is 11.8 Å². The number of aromatic hydroxyl groups is 2. The molecule has 1 aliphatic carbocycles. The lowest BCUT2D eigenvalue weighted by molar-refractivity contribution is -0.146. The molecule has 0 saturated heterocycles. The molecule has 1 atom stereocenters. The molecule has 1 aromatic carbocycles. The van der Waals surface area contributed by atoms with Crippen molar-refractivity contribution in [2.75, 3.05) is 88.9 Å². The number of carbonyl (C=O) groups is 1. The number of carbonyl (C=O) groups excluding carboxylic acids is 1. The zero-order chi connectivity index (χ0) is 52.9. The van der Waals surface area contributed by atoms with Crippen LogP contribution in [0.15, 0.2) is 81.8 Å². The van der Waals surface area contributed by atoms with E-state index in [1.807, 2.05) is 53.7 Å². The lowest BCUT2D eigenvalue weighted by Crippen LogP contribution is -2.31. The molecule has 24 heteroatoms. The average molecular weight is 1070 g/mol. The Hall–Kier alpha value is -5.15. The second-order valence-electron chi connectivity index (χ2n) is 18.2. The second-order valence-corrected chi connectivity index (χ2v) is 22.7. The molecule has 0 saturated carbocycles. The third-order valence-corrected chi connectivity index (χ3v) is 14.2. The van der Waals surface area contributed by atoms with Gasteiger partial charge in [-0.2, -0.15) is 25.3 Å². The van der Waals surface area contributed by atoms with Crippen LogP contribution in [0.25, 0.3) is 17.4 Å². The summed E-state index contributed by atoms with van der Waals surface area (Å²) in [5, 5.41) is 19.9. The number of anilines is 1. The van der Waals surface area contributed by atoms with Crippen molar-refractivity contribution < 1.29 is 82.1 Å². The second kappa shape index (κ2) is 25.2. The highest BCUT2D eigenvalue weighted by Crippen LogP contribution is 2.51. The molecule has 0 fully saturated rings. The van der Waals surface area contributed by atoms with Crippen molar-refractivity contribution in [3.63, 3.8) is 0 Å². The van der Waals surface area contributed by atoms with Crippen LogP contribution in [0.4, 0.5) is 5.69 Å². The summed E-state index contributed by atoms with van der Waals surface area (Å²) < 4.78 is 132. The third kappa shape index (κ3) is 16.7. The van der Waals surface area contributed by atoms with Crippen molar-refractivity contribution in [3.8, 4) is 23.1 Å². The number of ether oxygens (including phenoxy) is 4. The number of nitrogens with zero attached hydrogens (tertiary/aromatic N) is 3. The minimum absolute atomic E-state index is 0.0114. The number of rotatable bonds is 28. The van der Waals surface area contributed by atoms with Gasteiger partial charge in [0.25, 0.3) is 30.4 Å². The average Bonchev–Trinajstić information content (AvgIpc) is 3.72. The SMILES string of the molecule is CC[N+](CCCS(=O)(=O)O)=c1ccc2c(C(C)(C)C)cc(C=CC=C3N(CCOCCOCCOCCOCCC(=O)On4c(O)ccc4O)c4ccc(S(=O)(=O)O)cc4C3(C)CCCS(=O)(=O)O)oc-2c1. The van der Waals surface area contributed by atoms with Crippen molar-refractivity contribution >= 4 is 48.1 Å². The fraction of sp³-hybridized carbons (Fsp3) is 0.500. The van der Waals surface area contributed by atoms with Gasteiger partial charge >= 0.3 is 5.97 Å². The normalized spacial score (nSPS) is 16.6. The maximum atomic E-state index is 12.4. The van der Waals surface area contributed by atoms with Crippen molar-refractivity contribution in [2.24, 2.45) is 0 Å². The summed E-state index contributed by atoms with van der Waals surface area (Å²) in [5.41, 5.74) is 2.28. The first kappa shape index (κ1) is 57.7. The summed E-state index contributed by atoms with van der Waals surface area (Å²) in [4.78, 5) is 18.3. The van der Waals surface area contributed by atoms with Gasteiger partial charge in [0.2, 0.25) is 17.1 Å². The highest BCUT2D eigenvalue weighted by Gasteiger charge is 2.44. The summed E-state index contributed by atoms with van der Waals surface area (Å²) >= 11 is 0. The number of hydrogen-bond acceptors (Lipinski definition) is 16. The van der Waals surface area contributed by atoms with Crippen molar-refractivity contribution in [2.45, 2.75) is 76.0 Å². The maximum Gasteiger partial charge on any atom is 0.335 e. The highest BCUT2D eigenvalue weighted by atomic mass is 32.2. The van der Waals surface area contributed by atoms with Gasteiger partial charge in [0.15, 0.2) is 0 Å². The molecule has 1 unspecified atom stereocenters. The van der Waals surface area contributed by atoms with Crippen molar-refractivity contribution in [1.82, 2.24) is 9.31 Å². The summed E-state index contributed by atoms with van der Waals surface area (Å²) in [6, 6.07) is 14.3. The fourth-order valence-corrected chi connectivity index (χ4v) is 9.77. The number of allylic oxidation sites excluding steroid dienone is 3. The Kier molecular flexibility index (Phi) is 20.2. The summed E-state index contributed by atoms with van der Waals surface area (Å²) in [7, 11) is -13.1. The molecule has 2 aliphatic heterocycles. The van der Waals surface area contributed by atoms with Gasteiger partial charge in [-0.15, -0.1) is 4.73 Å². The van der Waals surface area contributed by atoms with E-state index in [1.54, 1.807) is 18.2 Å². The van der Waals surface area contributed by atoms with Gasteiger partial charge in [-0.05, 0) is 85.7 Å². The minimum Gasteiger partial charge on any atom is -0.492 e. The van der Waals surface area contributed by atoms with E-state index in [-0.39, 0.29) is 101 Å². The molecule has 3 heterocycles. The molecule has 0 bridgehead atoms. The van der Waals surface area contributed by atoms with Crippen LogP contribution >= 0.6 is 0 Å². The number of hydrogen-bond donors (Lipinski definition) is 5. The van der Waals surface area contributed by atoms with Gasteiger partial charge in [-0.25, -0.2) is 9.37 Å². The zero-order valence-corrected chi connectivity index (χ0v) is 43.5. The number of benzene rings is 2. The third-order valence-electron chi connectivity index (χ3n) is 11.8. The Morgan fingerprint density at radius 2 is 1.38 bits per heavy atom. The molecule has 0 amide bonds. The van der Waals surface area contributed by atoms with Crippen LogP contribution in [0.1, 0.15) is 77.2 Å². The molecule has 5 N–H and O–H groups in total. The predicted octanol–water partition coefficient (Wildman–Crippen LogP) is 4.67. The zero-order valence-electron chi connectivity index (χ0n) is 41.1. The van der Waals surface area contributed by atoms with Crippen LogP contribution in [0, 0.1) is 0 Å². The van der Waals surface area contributed by atoms with E-state index in [0.29, 0.717) is 46.3 Å². The van der Waals surface area contributed by atoms with Crippen LogP contribution < -0.4 is 19.7 Å². The van der Waals surface area contributed by atoms with Crippen molar-refractivity contribution in [1.29, 1.82) is 0 Å². The molecule has 21 nitrogen and oxygen atoms in total. The summed E-state index contributed by atoms with van der Waals surface area (Å²) in [5.74, 6) is -1.40. The van der Waals surface area contributed by atoms with Gasteiger partial charge in [0.1, 0.15) is 24.6 Å². The molecular weight excluding hydrogens is 1000 g/mol. The monoisotopic (exact) mass is 1070 g/mol. The van der Waals surface area contributed by atoms with Crippen LogP contribution in [-0.2, 0) is 64.9 Å². The Bertz CT molecular complexity index is 2920. The largest absolute Gasteiger partial charge is 0.492 e. The number of fused-ring (bicyclic) bond motifs is 2. The van der Waals surface area contributed by atoms with Gasteiger partial charge in [-0.1, -0.05) is 26.8 Å². The van der Waals surface area contributed by atoms with E-state index >= 15 is 0 Å². The lowest BCUT2D eigenvalue weighted by Gasteiger charge is -2.30. The molecule has 1 aromatic heterocycles. The number of aromatic nitrogens is 1. The van der Waals surface area contributed by atoms with Crippen molar-refractivity contribution in [3.05, 3.63) is 94.7 Å². The minimum atomic E-state index is -4.64. The lowest BCUT2D eigenvalue weighted by atomic mass is 9.77. The van der Waals surface area contributed by atoms with E-state index in [4.69, 9.17) is 28.2 Å². The topological polar surface area (TPSA) is 291 Å². The molecular formula is C48H66N3O18S3+. The molecule has 5 rings (SSSR count). The summed E-state index contributed by atoms with van der Waals surface area (Å²) in [6.45, 7) is 12.8. The van der Waals surface area contributed by atoms with E-state index in [1.165, 1.54) is 24.3 Å². The van der Waals surface area contributed by atoms with E-state index in [0.717, 1.165) is 16.5 Å². The molecule has 0 radical (unpaired) electrons. The first-order valence-electron chi connectivity index (χ1n) is 23.3. The first-order chi connectivity index (χ1) is 33.8. The standard InChI is InChI=1S/C48H65N3O18S3/c1-6-49(20-9-31-71(58,59)60)35-12-14-38-39(47(2,3)4)33-36(68-42(38)32-35)10-7-11-43-48(5,19-8-30-70(55,56)57)40-34-37(72(61,62)63)13-15-41(40)50(43)21-23-65-25-27-67-29-28-66-26-24-64-22-18-46(54)69-51-44(52)16-17-45(51)53/h7,10-17,32-34H,6,8-9,18-31H2,1-5H3,(H4-,52,53,55,56,57,58,59,60,61,62,63)/p+1. The fourth-order valence-electron chi connectivity index (χ4n) is 8.26. The van der Waals surface area contributed by atoms with Crippen LogP contribution in [-0.4, -0.2) is 144 Å². The highest BCUT2D eigenvalue weighted by molar-refractivity contribution is 7.86. The van der Waals surface area contributed by atoms with Gasteiger partial charge in [0, 0.05) is 53.5 Å². The smallest absolute Gasteiger partial charge is 0.335 e. The van der Waals surface area contributed by atoms with Gasteiger partial charge in [0.05, 0.1) is 81.7 Å². The Morgan fingerprint density at radius 1 is 0.778 bits per heavy atom. The molecule has 0 spiro atoms. The Morgan fingerprint density at radius 3 is 1.96 bits per heavy atom. The predicted molar refractivity (Wildman–Crippen MR) is 267 cm³/mol. The molecule has 2 aromatic rings. The van der Waals surface area contributed by atoms with E-state index in [9.17, 15) is 53.9 Å². The van der Waals surface area contributed by atoms with Crippen LogP contribution in [0.3, 0.4) is 0 Å². The molecule has 72 heavy (non-hydrogen) atoms. The first-order valence-corrected chi connectivity index (χ1v) is 27.9. The van der Waals surface area contributed by atoms with Crippen LogP contribution in [0.2, 0.25) is 0 Å². The van der Waals surface area contributed by atoms with Gasteiger partial charge in [-0.3, -0.25) is 13.7 Å². The van der Waals surface area contributed by atoms with E-state index < -0.39 is 59.3 Å². The summed E-state index contributed by atoms with van der Waals surface area (Å²) in [6.07, 6.45) is 5.65. The Labute approximate surface area is 420 Å². The molecule has 3 aliphatic rings. The van der Waals surface area contributed by atoms with E-state index in [2.05, 4.69) is 20.8 Å². The maximum absolute atomic E-state index is 12.4. The van der Waals surface area contributed by atoms with Gasteiger partial charge < -0.3 is 43.3 Å². The quantitative estimate of drug-likeness (QED) is 0.0293. The Balaban J connectivity index is 1.29.